The average molecular weight is 440 g/mol. The number of nitriles is 1. The third-order valence-corrected chi connectivity index (χ3v) is 6.47. The van der Waals surface area contributed by atoms with Crippen molar-refractivity contribution < 1.29 is 9.53 Å². The number of thiophene rings is 1. The molecule has 30 heavy (non-hydrogen) atoms. The number of ether oxygens (including phenoxy) is 1. The van der Waals surface area contributed by atoms with E-state index in [4.69, 9.17) is 4.74 Å². The van der Waals surface area contributed by atoms with Crippen LogP contribution in [0.1, 0.15) is 24.3 Å². The van der Waals surface area contributed by atoms with Crippen molar-refractivity contribution in [3.8, 4) is 11.8 Å². The van der Waals surface area contributed by atoms with Crippen LogP contribution in [0.15, 0.2) is 40.5 Å². The first-order valence-electron chi connectivity index (χ1n) is 9.43. The molecule has 2 heterocycles. The summed E-state index contributed by atoms with van der Waals surface area (Å²) in [5.74, 6) is -0.0566. The summed E-state index contributed by atoms with van der Waals surface area (Å²) in [7, 11) is 0. The predicted molar refractivity (Wildman–Crippen MR) is 121 cm³/mol. The van der Waals surface area contributed by atoms with Crippen molar-refractivity contribution in [2.75, 3.05) is 11.9 Å². The summed E-state index contributed by atoms with van der Waals surface area (Å²) in [6.45, 7) is 6.45. The third kappa shape index (κ3) is 4.37. The number of thiazole rings is 1. The van der Waals surface area contributed by atoms with E-state index in [0.29, 0.717) is 33.8 Å². The van der Waals surface area contributed by atoms with Crippen molar-refractivity contribution >= 4 is 45.9 Å². The van der Waals surface area contributed by atoms with Crippen molar-refractivity contribution in [2.24, 2.45) is 0 Å². The molecule has 0 saturated heterocycles. The van der Waals surface area contributed by atoms with E-state index in [1.807, 2.05) is 44.4 Å². The minimum Gasteiger partial charge on any atom is -0.492 e. The Morgan fingerprint density at radius 3 is 2.70 bits per heavy atom. The fourth-order valence-corrected chi connectivity index (χ4v) is 4.95. The van der Waals surface area contributed by atoms with Gasteiger partial charge in [-0.15, -0.1) is 22.7 Å². The van der Waals surface area contributed by atoms with Crippen molar-refractivity contribution in [3.63, 3.8) is 0 Å². The molecule has 0 bridgehead atoms. The van der Waals surface area contributed by atoms with E-state index in [2.05, 4.69) is 5.32 Å². The molecule has 0 atom stereocenters. The highest BCUT2D eigenvalue weighted by Gasteiger charge is 2.17. The van der Waals surface area contributed by atoms with Crippen molar-refractivity contribution in [2.45, 2.75) is 27.3 Å². The van der Waals surface area contributed by atoms with Crippen LogP contribution in [0.25, 0.3) is 11.6 Å². The van der Waals surface area contributed by atoms with Gasteiger partial charge in [-0.25, -0.2) is 0 Å². The number of benzene rings is 1. The quantitative estimate of drug-likeness (QED) is 0.640. The number of anilines is 1. The predicted octanol–water partition coefficient (Wildman–Crippen LogP) is 2.84. The zero-order valence-corrected chi connectivity index (χ0v) is 18.5. The molecular formula is C22H21N3O3S2. The van der Waals surface area contributed by atoms with E-state index in [0.717, 1.165) is 21.8 Å². The highest BCUT2D eigenvalue weighted by Crippen LogP contribution is 2.24. The summed E-state index contributed by atoms with van der Waals surface area (Å²) in [5, 5.41) is 14.4. The third-order valence-electron chi connectivity index (χ3n) is 4.38. The van der Waals surface area contributed by atoms with E-state index >= 15 is 0 Å². The van der Waals surface area contributed by atoms with Crippen LogP contribution in [-0.4, -0.2) is 17.1 Å². The number of nitrogens with one attached hydrogen (secondary N) is 1. The van der Waals surface area contributed by atoms with Gasteiger partial charge in [0.15, 0.2) is 5.57 Å². The average Bonchev–Trinajstić information content (AvgIpc) is 3.27. The number of hydrogen-bond acceptors (Lipinski definition) is 6. The molecule has 0 aliphatic carbocycles. The Labute approximate surface area is 182 Å². The molecule has 1 N–H and O–H groups in total. The zero-order valence-electron chi connectivity index (χ0n) is 16.9. The summed E-state index contributed by atoms with van der Waals surface area (Å²) >= 11 is 2.70. The Bertz CT molecular complexity index is 1290. The second-order valence-corrected chi connectivity index (χ2v) is 8.28. The molecule has 8 heteroatoms. The van der Waals surface area contributed by atoms with E-state index in [1.165, 1.54) is 4.57 Å². The summed E-state index contributed by atoms with van der Waals surface area (Å²) in [6.07, 6.45) is 1.82. The second-order valence-electron chi connectivity index (χ2n) is 6.30. The van der Waals surface area contributed by atoms with E-state index in [9.17, 15) is 14.9 Å². The number of hydrogen-bond donors (Lipinski definition) is 1. The van der Waals surface area contributed by atoms with Gasteiger partial charge in [0.05, 0.1) is 16.8 Å². The molecule has 0 fully saturated rings. The highest BCUT2D eigenvalue weighted by atomic mass is 32.1. The minimum atomic E-state index is -0.577. The molecule has 1 aromatic carbocycles. The number of aryl methyl sites for hydroxylation is 1. The minimum absolute atomic E-state index is 0.104. The summed E-state index contributed by atoms with van der Waals surface area (Å²) in [4.78, 5) is 26.8. The first-order valence-corrected chi connectivity index (χ1v) is 11.1. The van der Waals surface area contributed by atoms with Crippen molar-refractivity contribution in [1.82, 2.24) is 4.57 Å². The highest BCUT2D eigenvalue weighted by molar-refractivity contribution is 7.11. The van der Waals surface area contributed by atoms with Crippen LogP contribution in [0.3, 0.4) is 0 Å². The molecule has 0 radical (unpaired) electrons. The van der Waals surface area contributed by atoms with Gasteiger partial charge in [-0.3, -0.25) is 14.2 Å². The Kier molecular flexibility index (Phi) is 6.87. The van der Waals surface area contributed by atoms with Crippen LogP contribution in [-0.2, 0) is 11.3 Å². The SMILES string of the molecule is CCOc1ccccc1NC(=O)/C(C#N)=c1\s/c(=C\c2sccc2C)c(=O)n1CC. The molecule has 154 valence electrons. The normalized spacial score (nSPS) is 12.4. The van der Waals surface area contributed by atoms with Gasteiger partial charge >= 0.3 is 0 Å². The topological polar surface area (TPSA) is 84.1 Å². The molecule has 6 nitrogen and oxygen atoms in total. The lowest BCUT2D eigenvalue weighted by Gasteiger charge is -2.10. The van der Waals surface area contributed by atoms with Gasteiger partial charge in [-0.05, 0) is 56.0 Å². The number of carbonyl (C=O) groups is 1. The molecule has 0 aliphatic heterocycles. The summed E-state index contributed by atoms with van der Waals surface area (Å²) in [6, 6.07) is 11.0. The summed E-state index contributed by atoms with van der Waals surface area (Å²) < 4.78 is 7.83. The first kappa shape index (κ1) is 21.6. The van der Waals surface area contributed by atoms with Crippen LogP contribution < -0.4 is 24.8 Å². The van der Waals surface area contributed by atoms with E-state index in [1.54, 1.807) is 35.6 Å². The number of nitrogens with zero attached hydrogens (tertiary/aromatic N) is 2. The number of rotatable bonds is 6. The van der Waals surface area contributed by atoms with Crippen LogP contribution in [0, 0.1) is 18.3 Å². The Morgan fingerprint density at radius 1 is 1.30 bits per heavy atom. The monoisotopic (exact) mass is 439 g/mol. The molecular weight excluding hydrogens is 418 g/mol. The van der Waals surface area contributed by atoms with Crippen molar-refractivity contribution in [3.05, 3.63) is 65.7 Å². The van der Waals surface area contributed by atoms with E-state index < -0.39 is 5.91 Å². The second kappa shape index (κ2) is 9.57. The Balaban J connectivity index is 2.12. The molecule has 0 spiro atoms. The van der Waals surface area contributed by atoms with Gasteiger partial charge in [-0.1, -0.05) is 12.1 Å². The molecule has 0 saturated carbocycles. The zero-order chi connectivity index (χ0) is 21.7. The summed E-state index contributed by atoms with van der Waals surface area (Å²) in [5.41, 5.74) is 1.24. The number of aromatic nitrogens is 1. The lowest BCUT2D eigenvalue weighted by molar-refractivity contribution is -0.111. The van der Waals surface area contributed by atoms with E-state index in [-0.39, 0.29) is 11.1 Å². The maximum Gasteiger partial charge on any atom is 0.269 e. The Morgan fingerprint density at radius 2 is 2.07 bits per heavy atom. The maximum absolute atomic E-state index is 12.9. The van der Waals surface area contributed by atoms with Gasteiger partial charge < -0.3 is 10.1 Å². The number of amides is 1. The first-order chi connectivity index (χ1) is 14.5. The largest absolute Gasteiger partial charge is 0.492 e. The number of para-hydroxylation sites is 2. The van der Waals surface area contributed by atoms with Gasteiger partial charge in [0.1, 0.15) is 16.5 Å². The van der Waals surface area contributed by atoms with Crippen LogP contribution in [0.2, 0.25) is 0 Å². The molecule has 2 aromatic heterocycles. The maximum atomic E-state index is 12.9. The fourth-order valence-electron chi connectivity index (χ4n) is 2.88. The molecule has 0 aliphatic rings. The van der Waals surface area contributed by atoms with Gasteiger partial charge in [0, 0.05) is 11.4 Å². The fraction of sp³-hybridized carbons (Fsp3) is 0.227. The van der Waals surface area contributed by atoms with Crippen molar-refractivity contribution in [1.29, 1.82) is 5.26 Å². The smallest absolute Gasteiger partial charge is 0.269 e. The molecule has 0 unspecified atom stereocenters. The molecule has 3 aromatic rings. The number of carbonyl (C=O) groups excluding carboxylic acids is 1. The standard InChI is InChI=1S/C22H21N3O3S2/c1-4-25-21(27)19(12-18-14(3)10-11-29-18)30-22(25)15(13-23)20(26)24-16-8-6-7-9-17(16)28-5-2/h6-12H,4-5H2,1-3H3,(H,24,26)/b19-12-,22-15-. The lowest BCUT2D eigenvalue weighted by atomic mass is 10.2. The van der Waals surface area contributed by atoms with Crippen LogP contribution in [0.4, 0.5) is 5.69 Å². The van der Waals surface area contributed by atoms with Gasteiger partial charge in [0.25, 0.3) is 11.5 Å². The van der Waals surface area contributed by atoms with Gasteiger partial charge in [0.2, 0.25) is 0 Å². The van der Waals surface area contributed by atoms with Crippen LogP contribution >= 0.6 is 22.7 Å². The van der Waals surface area contributed by atoms with Crippen LogP contribution in [0.5, 0.6) is 5.75 Å². The molecule has 1 amide bonds. The molecule has 3 rings (SSSR count). The lowest BCUT2D eigenvalue weighted by Crippen LogP contribution is -2.33. The van der Waals surface area contributed by atoms with Gasteiger partial charge in [-0.2, -0.15) is 5.26 Å². The Hall–Kier alpha value is -3.15.